The highest BCUT2D eigenvalue weighted by molar-refractivity contribution is 7.80. The van der Waals surface area contributed by atoms with E-state index in [9.17, 15) is 13.2 Å². The predicted molar refractivity (Wildman–Crippen MR) is 73.9 cm³/mol. The van der Waals surface area contributed by atoms with E-state index < -0.39 is 11.7 Å². The molecule has 0 amide bonds. The molecule has 1 heterocycles. The third-order valence-corrected chi connectivity index (χ3v) is 3.05. The molecule has 0 atom stereocenters. The Morgan fingerprint density at radius 2 is 1.90 bits per heavy atom. The lowest BCUT2D eigenvalue weighted by Crippen LogP contribution is -2.18. The Hall–Kier alpha value is -1.89. The second kappa shape index (κ2) is 4.90. The third-order valence-electron chi connectivity index (χ3n) is 2.83. The SMILES string of the molecule is Cc1cc(C)n(-c2ccc(C(N)=S)c(C(F)(F)F)c2)n1. The fraction of sp³-hybridized carbons (Fsp3) is 0.231. The van der Waals surface area contributed by atoms with Gasteiger partial charge in [-0.05, 0) is 38.1 Å². The molecule has 0 unspecified atom stereocenters. The van der Waals surface area contributed by atoms with E-state index in [0.29, 0.717) is 5.69 Å². The molecule has 0 bridgehead atoms. The van der Waals surface area contributed by atoms with Gasteiger partial charge in [0.1, 0.15) is 4.99 Å². The van der Waals surface area contributed by atoms with Crippen molar-refractivity contribution in [2.45, 2.75) is 20.0 Å². The van der Waals surface area contributed by atoms with Crippen LogP contribution in [0, 0.1) is 13.8 Å². The molecule has 0 spiro atoms. The van der Waals surface area contributed by atoms with Gasteiger partial charge < -0.3 is 5.73 Å². The van der Waals surface area contributed by atoms with Crippen LogP contribution in [0.4, 0.5) is 13.2 Å². The van der Waals surface area contributed by atoms with Crippen molar-refractivity contribution in [3.63, 3.8) is 0 Å². The molecular weight excluding hydrogens is 287 g/mol. The molecule has 0 aliphatic heterocycles. The monoisotopic (exact) mass is 299 g/mol. The number of alkyl halides is 3. The smallest absolute Gasteiger partial charge is 0.389 e. The van der Waals surface area contributed by atoms with E-state index in [1.807, 2.05) is 0 Å². The molecule has 0 aliphatic carbocycles. The van der Waals surface area contributed by atoms with Crippen LogP contribution in [0.2, 0.25) is 0 Å². The van der Waals surface area contributed by atoms with Crippen molar-refractivity contribution in [2.75, 3.05) is 0 Å². The number of halogens is 3. The van der Waals surface area contributed by atoms with Crippen molar-refractivity contribution in [3.8, 4) is 5.69 Å². The summed E-state index contributed by atoms with van der Waals surface area (Å²) in [6.45, 7) is 3.55. The van der Waals surface area contributed by atoms with Gasteiger partial charge in [-0.3, -0.25) is 0 Å². The molecule has 2 N–H and O–H groups in total. The van der Waals surface area contributed by atoms with Gasteiger partial charge in [-0.25, -0.2) is 4.68 Å². The fourth-order valence-electron chi connectivity index (χ4n) is 2.00. The van der Waals surface area contributed by atoms with E-state index in [0.717, 1.165) is 17.5 Å². The maximum absolute atomic E-state index is 13.1. The largest absolute Gasteiger partial charge is 0.417 e. The molecule has 0 saturated carbocycles. The number of hydrogen-bond donors (Lipinski definition) is 1. The summed E-state index contributed by atoms with van der Waals surface area (Å²) in [5.41, 5.74) is 6.11. The number of nitrogens with zero attached hydrogens (tertiary/aromatic N) is 2. The number of thiocarbonyl (C=S) groups is 1. The molecule has 2 rings (SSSR count). The Labute approximate surface area is 119 Å². The number of hydrogen-bond acceptors (Lipinski definition) is 2. The van der Waals surface area contributed by atoms with Crippen LogP contribution in [-0.4, -0.2) is 14.8 Å². The number of rotatable bonds is 2. The summed E-state index contributed by atoms with van der Waals surface area (Å²) in [6, 6.07) is 5.59. The van der Waals surface area contributed by atoms with Crippen LogP contribution in [0.15, 0.2) is 24.3 Å². The first-order valence-corrected chi connectivity index (χ1v) is 6.15. The summed E-state index contributed by atoms with van der Waals surface area (Å²) in [7, 11) is 0. The Kier molecular flexibility index (Phi) is 3.56. The van der Waals surface area contributed by atoms with E-state index in [-0.39, 0.29) is 10.6 Å². The normalized spacial score (nSPS) is 11.7. The average Bonchev–Trinajstić information content (AvgIpc) is 2.66. The quantitative estimate of drug-likeness (QED) is 0.866. The zero-order valence-electron chi connectivity index (χ0n) is 10.8. The highest BCUT2D eigenvalue weighted by atomic mass is 32.1. The summed E-state index contributed by atoms with van der Waals surface area (Å²) in [5, 5.41) is 4.16. The third kappa shape index (κ3) is 2.67. The van der Waals surface area contributed by atoms with Gasteiger partial charge in [0.15, 0.2) is 0 Å². The van der Waals surface area contributed by atoms with Crippen LogP contribution >= 0.6 is 12.2 Å². The Morgan fingerprint density at radius 1 is 1.25 bits per heavy atom. The van der Waals surface area contributed by atoms with E-state index in [2.05, 4.69) is 17.3 Å². The Bertz CT molecular complexity index is 674. The second-order valence-corrected chi connectivity index (χ2v) is 4.87. The van der Waals surface area contributed by atoms with Crippen molar-refractivity contribution in [2.24, 2.45) is 5.73 Å². The highest BCUT2D eigenvalue weighted by Gasteiger charge is 2.34. The van der Waals surface area contributed by atoms with Crippen molar-refractivity contribution in [1.29, 1.82) is 0 Å². The minimum Gasteiger partial charge on any atom is -0.389 e. The lowest BCUT2D eigenvalue weighted by Gasteiger charge is -2.14. The van der Waals surface area contributed by atoms with Crippen molar-refractivity contribution < 1.29 is 13.2 Å². The molecule has 1 aromatic heterocycles. The Morgan fingerprint density at radius 3 is 2.35 bits per heavy atom. The van der Waals surface area contributed by atoms with Crippen LogP contribution in [0.25, 0.3) is 5.69 Å². The topological polar surface area (TPSA) is 43.8 Å². The summed E-state index contributed by atoms with van der Waals surface area (Å²) < 4.78 is 40.6. The fourth-order valence-corrected chi connectivity index (χ4v) is 2.18. The lowest BCUT2D eigenvalue weighted by molar-refractivity contribution is -0.137. The molecule has 0 aliphatic rings. The lowest BCUT2D eigenvalue weighted by atomic mass is 10.1. The van der Waals surface area contributed by atoms with Gasteiger partial charge in [-0.2, -0.15) is 18.3 Å². The molecule has 7 heteroatoms. The standard InChI is InChI=1S/C13H12F3N3S/c1-7-5-8(2)19(18-7)9-3-4-10(12(17)20)11(6-9)13(14,15)16/h3-6H,1-2H3,(H2,17,20). The van der Waals surface area contributed by atoms with E-state index >= 15 is 0 Å². The van der Waals surface area contributed by atoms with Crippen molar-refractivity contribution in [1.82, 2.24) is 9.78 Å². The molecule has 0 radical (unpaired) electrons. The van der Waals surface area contributed by atoms with Gasteiger partial charge in [0.05, 0.1) is 16.9 Å². The number of aromatic nitrogens is 2. The van der Waals surface area contributed by atoms with Gasteiger partial charge in [-0.1, -0.05) is 12.2 Å². The number of nitrogens with two attached hydrogens (primary N) is 1. The van der Waals surface area contributed by atoms with Gasteiger partial charge in [0.25, 0.3) is 0 Å². The maximum atomic E-state index is 13.1. The average molecular weight is 299 g/mol. The van der Waals surface area contributed by atoms with Crippen LogP contribution in [0.1, 0.15) is 22.5 Å². The molecule has 0 fully saturated rings. The summed E-state index contributed by atoms with van der Waals surface area (Å²) in [6.07, 6.45) is -4.52. The first-order chi connectivity index (χ1) is 9.20. The number of aryl methyl sites for hydroxylation is 2. The van der Waals surface area contributed by atoms with Crippen LogP contribution in [0.5, 0.6) is 0 Å². The second-order valence-electron chi connectivity index (χ2n) is 4.43. The van der Waals surface area contributed by atoms with Gasteiger partial charge >= 0.3 is 6.18 Å². The zero-order chi connectivity index (χ0) is 15.1. The maximum Gasteiger partial charge on any atom is 0.417 e. The molecular formula is C13H12F3N3S. The van der Waals surface area contributed by atoms with Crippen LogP contribution in [0.3, 0.4) is 0 Å². The van der Waals surface area contributed by atoms with Gasteiger partial charge in [-0.15, -0.1) is 0 Å². The molecule has 2 aromatic rings. The molecule has 3 nitrogen and oxygen atoms in total. The summed E-state index contributed by atoms with van der Waals surface area (Å²) >= 11 is 4.66. The van der Waals surface area contributed by atoms with Crippen LogP contribution < -0.4 is 5.73 Å². The predicted octanol–water partition coefficient (Wildman–Crippen LogP) is 3.14. The van der Waals surface area contributed by atoms with E-state index in [4.69, 9.17) is 5.73 Å². The first kappa shape index (κ1) is 14.5. The minimum atomic E-state index is -4.52. The summed E-state index contributed by atoms with van der Waals surface area (Å²) in [5.74, 6) is 0. The molecule has 106 valence electrons. The minimum absolute atomic E-state index is 0.183. The molecule has 1 aromatic carbocycles. The van der Waals surface area contributed by atoms with Gasteiger partial charge in [0.2, 0.25) is 0 Å². The Balaban J connectivity index is 2.64. The highest BCUT2D eigenvalue weighted by Crippen LogP contribution is 2.33. The van der Waals surface area contributed by atoms with Crippen molar-refractivity contribution >= 4 is 17.2 Å². The van der Waals surface area contributed by atoms with E-state index in [1.165, 1.54) is 16.8 Å². The molecule has 0 saturated heterocycles. The van der Waals surface area contributed by atoms with E-state index in [1.54, 1.807) is 19.9 Å². The van der Waals surface area contributed by atoms with Crippen molar-refractivity contribution in [3.05, 3.63) is 46.8 Å². The van der Waals surface area contributed by atoms with Crippen LogP contribution in [-0.2, 0) is 6.18 Å². The van der Waals surface area contributed by atoms with Gasteiger partial charge in [0, 0.05) is 11.3 Å². The molecule has 20 heavy (non-hydrogen) atoms. The zero-order valence-corrected chi connectivity index (χ0v) is 11.6. The summed E-state index contributed by atoms with van der Waals surface area (Å²) in [4.78, 5) is -0.280. The first-order valence-electron chi connectivity index (χ1n) is 5.75. The number of benzene rings is 1.